The van der Waals surface area contributed by atoms with Crippen LogP contribution in [-0.2, 0) is 14.4 Å². The van der Waals surface area contributed by atoms with Crippen LogP contribution in [0.2, 0.25) is 0 Å². The minimum Gasteiger partial charge on any atom is -0.481 e. The maximum absolute atomic E-state index is 13.1. The lowest BCUT2D eigenvalue weighted by molar-refractivity contribution is -0.147. The van der Waals surface area contributed by atoms with E-state index in [0.717, 1.165) is 0 Å². The number of piperidine rings is 1. The summed E-state index contributed by atoms with van der Waals surface area (Å²) in [6.07, 6.45) is 1.75. The smallest absolute Gasteiger partial charge is 0.308 e. The number of carbonyl (C=O) groups is 3. The van der Waals surface area contributed by atoms with Crippen LogP contribution >= 0.6 is 0 Å². The minimum absolute atomic E-state index is 0.0944. The Labute approximate surface area is 152 Å². The van der Waals surface area contributed by atoms with E-state index < -0.39 is 17.8 Å². The van der Waals surface area contributed by atoms with Crippen LogP contribution in [0, 0.1) is 11.7 Å². The van der Waals surface area contributed by atoms with Crippen LogP contribution in [0.3, 0.4) is 0 Å². The molecule has 1 fully saturated rings. The van der Waals surface area contributed by atoms with Crippen LogP contribution in [-0.4, -0.2) is 59.4 Å². The summed E-state index contributed by atoms with van der Waals surface area (Å²) in [6.45, 7) is 2.47. The molecule has 1 heterocycles. The number of carbonyl (C=O) groups excluding carboxylic acids is 2. The van der Waals surface area contributed by atoms with Crippen LogP contribution in [0.15, 0.2) is 24.3 Å². The van der Waals surface area contributed by atoms with Crippen molar-refractivity contribution in [3.8, 4) is 0 Å². The van der Waals surface area contributed by atoms with Crippen molar-refractivity contribution in [2.45, 2.75) is 32.1 Å². The summed E-state index contributed by atoms with van der Waals surface area (Å²) in [7, 11) is 1.56. The first-order valence-corrected chi connectivity index (χ1v) is 8.84. The summed E-state index contributed by atoms with van der Waals surface area (Å²) in [4.78, 5) is 39.2. The van der Waals surface area contributed by atoms with Gasteiger partial charge in [-0.3, -0.25) is 14.4 Å². The number of halogens is 1. The van der Waals surface area contributed by atoms with Gasteiger partial charge in [0, 0.05) is 20.1 Å². The number of benzene rings is 1. The molecule has 1 aromatic rings. The molecule has 1 aliphatic rings. The van der Waals surface area contributed by atoms with E-state index in [1.165, 1.54) is 21.9 Å². The van der Waals surface area contributed by atoms with Gasteiger partial charge in [-0.2, -0.15) is 0 Å². The highest BCUT2D eigenvalue weighted by Crippen LogP contribution is 2.22. The maximum atomic E-state index is 13.1. The average molecular weight is 364 g/mol. The van der Waals surface area contributed by atoms with E-state index >= 15 is 0 Å². The first-order chi connectivity index (χ1) is 12.3. The van der Waals surface area contributed by atoms with Crippen LogP contribution in [0.25, 0.3) is 0 Å². The fourth-order valence-electron chi connectivity index (χ4n) is 3.30. The van der Waals surface area contributed by atoms with Crippen molar-refractivity contribution in [1.29, 1.82) is 0 Å². The van der Waals surface area contributed by atoms with Gasteiger partial charge in [0.2, 0.25) is 11.8 Å². The van der Waals surface area contributed by atoms with Gasteiger partial charge in [-0.25, -0.2) is 4.39 Å². The summed E-state index contributed by atoms with van der Waals surface area (Å²) in [5, 5.41) is 9.13. The van der Waals surface area contributed by atoms with Gasteiger partial charge in [0.05, 0.1) is 18.4 Å². The summed E-state index contributed by atoms with van der Waals surface area (Å²) < 4.78 is 13.1. The quantitative estimate of drug-likeness (QED) is 0.839. The van der Waals surface area contributed by atoms with Crippen LogP contribution in [0.1, 0.15) is 37.7 Å². The lowest BCUT2D eigenvalue weighted by Gasteiger charge is -2.32. The Morgan fingerprint density at radius 3 is 2.54 bits per heavy atom. The largest absolute Gasteiger partial charge is 0.481 e. The van der Waals surface area contributed by atoms with Crippen molar-refractivity contribution in [3.63, 3.8) is 0 Å². The third-order valence-electron chi connectivity index (χ3n) is 4.85. The fraction of sp³-hybridized carbons (Fsp3) is 0.526. The zero-order valence-corrected chi connectivity index (χ0v) is 15.2. The standard InChI is InChI=1S/C19H25FN2O4/c1-3-16(13-6-8-15(20)9-7-13)18(24)21(2)12-17(23)22-10-4-5-14(11-22)19(25)26/h6-9,14,16H,3-5,10-12H2,1-2H3,(H,25,26). The van der Waals surface area contributed by atoms with Crippen LogP contribution < -0.4 is 0 Å². The number of carboxylic acids is 1. The first-order valence-electron chi connectivity index (χ1n) is 8.84. The highest BCUT2D eigenvalue weighted by molar-refractivity contribution is 5.88. The Morgan fingerprint density at radius 2 is 1.96 bits per heavy atom. The highest BCUT2D eigenvalue weighted by Gasteiger charge is 2.30. The Morgan fingerprint density at radius 1 is 1.31 bits per heavy atom. The van der Waals surface area contributed by atoms with Gasteiger partial charge in [0.1, 0.15) is 5.82 Å². The SMILES string of the molecule is CCC(C(=O)N(C)CC(=O)N1CCCC(C(=O)O)C1)c1ccc(F)cc1. The van der Waals surface area contributed by atoms with Gasteiger partial charge in [-0.15, -0.1) is 0 Å². The molecule has 0 aromatic heterocycles. The van der Waals surface area contributed by atoms with Crippen molar-refractivity contribution in [2.24, 2.45) is 5.92 Å². The molecule has 7 heteroatoms. The number of rotatable bonds is 6. The Bertz CT molecular complexity index is 662. The number of likely N-dealkylation sites (tertiary alicyclic amines) is 1. The fourth-order valence-corrected chi connectivity index (χ4v) is 3.30. The van der Waals surface area contributed by atoms with Gasteiger partial charge in [-0.05, 0) is 37.0 Å². The molecule has 2 amide bonds. The second-order valence-electron chi connectivity index (χ2n) is 6.72. The topological polar surface area (TPSA) is 77.9 Å². The molecule has 6 nitrogen and oxygen atoms in total. The van der Waals surface area contributed by atoms with E-state index in [0.29, 0.717) is 31.4 Å². The van der Waals surface area contributed by atoms with E-state index in [4.69, 9.17) is 5.11 Å². The molecule has 1 aromatic carbocycles. The van der Waals surface area contributed by atoms with Gasteiger partial charge in [0.25, 0.3) is 0 Å². The molecule has 26 heavy (non-hydrogen) atoms. The Hall–Kier alpha value is -2.44. The van der Waals surface area contributed by atoms with Gasteiger partial charge in [-0.1, -0.05) is 19.1 Å². The summed E-state index contributed by atoms with van der Waals surface area (Å²) in [5.74, 6) is -2.70. The molecule has 2 atom stereocenters. The van der Waals surface area contributed by atoms with Gasteiger partial charge in [0.15, 0.2) is 0 Å². The second kappa shape index (κ2) is 8.78. The number of likely N-dealkylation sites (N-methyl/N-ethyl adjacent to an activating group) is 1. The van der Waals surface area contributed by atoms with E-state index in [-0.39, 0.29) is 30.7 Å². The molecule has 0 spiro atoms. The lowest BCUT2D eigenvalue weighted by Crippen LogP contribution is -2.47. The van der Waals surface area contributed by atoms with Crippen LogP contribution in [0.4, 0.5) is 4.39 Å². The summed E-state index contributed by atoms with van der Waals surface area (Å²) in [5.41, 5.74) is 0.710. The predicted molar refractivity (Wildman–Crippen MR) is 94.0 cm³/mol. The molecular formula is C19H25FN2O4. The number of carboxylic acid groups (broad SMARTS) is 1. The van der Waals surface area contributed by atoms with Crippen molar-refractivity contribution < 1.29 is 23.9 Å². The molecule has 1 saturated heterocycles. The zero-order chi connectivity index (χ0) is 19.3. The molecule has 1 N–H and O–H groups in total. The number of hydrogen-bond acceptors (Lipinski definition) is 3. The lowest BCUT2D eigenvalue weighted by atomic mass is 9.95. The molecule has 0 aliphatic carbocycles. The van der Waals surface area contributed by atoms with Crippen molar-refractivity contribution >= 4 is 17.8 Å². The third-order valence-corrected chi connectivity index (χ3v) is 4.85. The molecule has 142 valence electrons. The number of amides is 2. The van der Waals surface area contributed by atoms with E-state index in [2.05, 4.69) is 0 Å². The summed E-state index contributed by atoms with van der Waals surface area (Å²) >= 11 is 0. The second-order valence-corrected chi connectivity index (χ2v) is 6.72. The van der Waals surface area contributed by atoms with Gasteiger partial charge >= 0.3 is 5.97 Å². The van der Waals surface area contributed by atoms with Gasteiger partial charge < -0.3 is 14.9 Å². The molecule has 0 radical (unpaired) electrons. The molecule has 2 rings (SSSR count). The summed E-state index contributed by atoms with van der Waals surface area (Å²) in [6, 6.07) is 5.80. The molecule has 0 bridgehead atoms. The number of nitrogens with zero attached hydrogens (tertiary/aromatic N) is 2. The van der Waals surface area contributed by atoms with E-state index in [1.807, 2.05) is 6.92 Å². The molecule has 1 aliphatic heterocycles. The van der Waals surface area contributed by atoms with Crippen molar-refractivity contribution in [2.75, 3.05) is 26.7 Å². The van der Waals surface area contributed by atoms with Crippen LogP contribution in [0.5, 0.6) is 0 Å². The van der Waals surface area contributed by atoms with E-state index in [1.54, 1.807) is 19.2 Å². The molecule has 2 unspecified atom stereocenters. The Kier molecular flexibility index (Phi) is 6.71. The van der Waals surface area contributed by atoms with E-state index in [9.17, 15) is 18.8 Å². The molecular weight excluding hydrogens is 339 g/mol. The van der Waals surface area contributed by atoms with Crippen molar-refractivity contribution in [1.82, 2.24) is 9.80 Å². The number of aliphatic carboxylic acids is 1. The minimum atomic E-state index is -0.894. The molecule has 0 saturated carbocycles. The monoisotopic (exact) mass is 364 g/mol. The maximum Gasteiger partial charge on any atom is 0.308 e. The third kappa shape index (κ3) is 4.80. The Balaban J connectivity index is 1.99. The predicted octanol–water partition coefficient (Wildman–Crippen LogP) is 2.10. The number of hydrogen-bond donors (Lipinski definition) is 1. The first kappa shape index (κ1) is 19.9. The zero-order valence-electron chi connectivity index (χ0n) is 15.2. The van der Waals surface area contributed by atoms with Crippen molar-refractivity contribution in [3.05, 3.63) is 35.6 Å². The highest BCUT2D eigenvalue weighted by atomic mass is 19.1. The normalized spacial score (nSPS) is 18.3. The average Bonchev–Trinajstić information content (AvgIpc) is 2.63.